The molecule has 3 aliphatic heterocycles. The Morgan fingerprint density at radius 2 is 1.89 bits per heavy atom. The molecule has 0 bridgehead atoms. The van der Waals surface area contributed by atoms with Crippen molar-refractivity contribution < 1.29 is 39.0 Å². The number of nitrogens with one attached hydrogen (secondary N) is 2. The van der Waals surface area contributed by atoms with Crippen LogP contribution in [0.3, 0.4) is 0 Å². The predicted molar refractivity (Wildman–Crippen MR) is 164 cm³/mol. The molecule has 6 amide bonds. The molecular formula is C29H28N6O8S2. The third-order valence-corrected chi connectivity index (χ3v) is 9.64. The van der Waals surface area contributed by atoms with Crippen LogP contribution in [0.15, 0.2) is 64.8 Å². The fourth-order valence-corrected chi connectivity index (χ4v) is 7.28. The van der Waals surface area contributed by atoms with Gasteiger partial charge in [0, 0.05) is 42.7 Å². The number of carbonyl (C=O) groups is 6. The Balaban J connectivity index is 1.31. The summed E-state index contributed by atoms with van der Waals surface area (Å²) in [6, 6.07) is 5.49. The summed E-state index contributed by atoms with van der Waals surface area (Å²) in [5.74, 6) is -4.44. The highest BCUT2D eigenvalue weighted by atomic mass is 32.2. The van der Waals surface area contributed by atoms with E-state index in [4.69, 9.17) is 0 Å². The zero-order valence-corrected chi connectivity index (χ0v) is 25.4. The van der Waals surface area contributed by atoms with Crippen molar-refractivity contribution in [1.82, 2.24) is 30.3 Å². The molecule has 0 aliphatic carbocycles. The SMILES string of the molecule is CCN1CCN(C(=O)NC(C(=O)NC2C(=O)N3C(C(=O)O)=C(S/C=C\c4cccnc4)CS[C@@H]23)c2ccc(O)cc2)C(=O)C1=O. The van der Waals surface area contributed by atoms with Gasteiger partial charge in [0.15, 0.2) is 0 Å². The Morgan fingerprint density at radius 1 is 1.13 bits per heavy atom. The number of benzene rings is 1. The molecule has 234 valence electrons. The van der Waals surface area contributed by atoms with Crippen LogP contribution in [0, 0.1) is 0 Å². The van der Waals surface area contributed by atoms with Gasteiger partial charge in [-0.15, -0.1) is 11.8 Å². The summed E-state index contributed by atoms with van der Waals surface area (Å²) in [4.78, 5) is 84.7. The number of carboxylic acids is 1. The minimum atomic E-state index is -1.42. The number of phenolic OH excluding ortho intramolecular Hbond substituents is 1. The quantitative estimate of drug-likeness (QED) is 0.226. The molecule has 2 saturated heterocycles. The Hall–Kier alpha value is -4.83. The lowest BCUT2D eigenvalue weighted by molar-refractivity contribution is -0.153. The molecule has 0 radical (unpaired) electrons. The summed E-state index contributed by atoms with van der Waals surface area (Å²) in [6.45, 7) is 2.06. The highest BCUT2D eigenvalue weighted by Crippen LogP contribution is 2.44. The Labute approximate surface area is 265 Å². The molecular weight excluding hydrogens is 624 g/mol. The number of imide groups is 1. The van der Waals surface area contributed by atoms with Crippen molar-refractivity contribution in [2.24, 2.45) is 0 Å². The van der Waals surface area contributed by atoms with Crippen molar-refractivity contribution >= 4 is 65.2 Å². The van der Waals surface area contributed by atoms with Crippen LogP contribution in [-0.2, 0) is 24.0 Å². The molecule has 0 saturated carbocycles. The molecule has 4 N–H and O–H groups in total. The molecule has 45 heavy (non-hydrogen) atoms. The number of hydrogen-bond donors (Lipinski definition) is 4. The number of urea groups is 1. The van der Waals surface area contributed by atoms with Crippen molar-refractivity contribution in [3.05, 3.63) is 75.9 Å². The van der Waals surface area contributed by atoms with E-state index in [1.807, 2.05) is 6.07 Å². The standard InChI is InChI=1S/C29H28N6O8S2/c1-2-33-11-12-34(26(40)25(33)39)29(43)32-20(17-5-7-18(36)8-6-17)23(37)31-21-24(38)35-22(28(41)42)19(15-45-27(21)35)44-13-9-16-4-3-10-30-14-16/h3-10,13-14,20-21,27,36H,2,11-12,15H2,1H3,(H,31,37)(H,32,43)(H,41,42)/b13-9-/t20?,21?,27-/m0/s1. The van der Waals surface area contributed by atoms with Gasteiger partial charge in [-0.2, -0.15) is 0 Å². The first-order chi connectivity index (χ1) is 21.6. The van der Waals surface area contributed by atoms with E-state index in [1.54, 1.807) is 36.9 Å². The maximum absolute atomic E-state index is 13.6. The lowest BCUT2D eigenvalue weighted by Gasteiger charge is -2.49. The number of pyridine rings is 1. The van der Waals surface area contributed by atoms with E-state index in [0.717, 1.165) is 10.5 Å². The Kier molecular flexibility index (Phi) is 9.43. The first kappa shape index (κ1) is 31.6. The van der Waals surface area contributed by atoms with Crippen molar-refractivity contribution in [2.45, 2.75) is 24.4 Å². The topological polar surface area (TPSA) is 190 Å². The molecule has 4 heterocycles. The molecule has 2 aromatic rings. The van der Waals surface area contributed by atoms with E-state index in [-0.39, 0.29) is 35.9 Å². The number of carbonyl (C=O) groups excluding carboxylic acids is 5. The molecule has 16 heteroatoms. The minimum absolute atomic E-state index is 0.0784. The lowest BCUT2D eigenvalue weighted by Crippen LogP contribution is -2.71. The number of nitrogens with zero attached hydrogens (tertiary/aromatic N) is 4. The molecule has 1 aromatic carbocycles. The number of fused-ring (bicyclic) bond motifs is 1. The summed E-state index contributed by atoms with van der Waals surface area (Å²) in [6.07, 6.45) is 5.06. The van der Waals surface area contributed by atoms with Crippen LogP contribution in [0.2, 0.25) is 0 Å². The van der Waals surface area contributed by atoms with E-state index in [1.165, 1.54) is 52.7 Å². The molecule has 3 atom stereocenters. The second kappa shape index (κ2) is 13.4. The van der Waals surface area contributed by atoms with Gasteiger partial charge in [-0.3, -0.25) is 34.0 Å². The molecule has 3 aliphatic rings. The number of piperazine rings is 1. The number of phenols is 1. The van der Waals surface area contributed by atoms with Crippen LogP contribution >= 0.6 is 23.5 Å². The number of hydrogen-bond acceptors (Lipinski definition) is 10. The summed E-state index contributed by atoms with van der Waals surface area (Å²) in [5.41, 5.74) is 0.878. The number of amides is 6. The smallest absolute Gasteiger partial charge is 0.353 e. The van der Waals surface area contributed by atoms with Crippen molar-refractivity contribution in [3.63, 3.8) is 0 Å². The van der Waals surface area contributed by atoms with E-state index < -0.39 is 53.1 Å². The fraction of sp³-hybridized carbons (Fsp3) is 0.276. The van der Waals surface area contributed by atoms with Crippen LogP contribution in [0.25, 0.3) is 6.08 Å². The maximum Gasteiger partial charge on any atom is 0.353 e. The zero-order valence-electron chi connectivity index (χ0n) is 23.8. The second-order valence-electron chi connectivity index (χ2n) is 10.00. The third kappa shape index (κ3) is 6.51. The van der Waals surface area contributed by atoms with E-state index in [0.29, 0.717) is 16.3 Å². The van der Waals surface area contributed by atoms with Crippen LogP contribution in [0.4, 0.5) is 4.79 Å². The van der Waals surface area contributed by atoms with Gasteiger partial charge in [-0.05, 0) is 47.7 Å². The molecule has 0 spiro atoms. The number of thioether (sulfide) groups is 2. The first-order valence-electron chi connectivity index (χ1n) is 13.8. The fourth-order valence-electron chi connectivity index (χ4n) is 4.93. The van der Waals surface area contributed by atoms with Crippen LogP contribution in [0.1, 0.15) is 24.1 Å². The average Bonchev–Trinajstić information content (AvgIpc) is 3.04. The van der Waals surface area contributed by atoms with Gasteiger partial charge in [0.1, 0.15) is 28.9 Å². The van der Waals surface area contributed by atoms with Crippen molar-refractivity contribution in [2.75, 3.05) is 25.4 Å². The van der Waals surface area contributed by atoms with Gasteiger partial charge >= 0.3 is 23.8 Å². The number of carboxylic acid groups (broad SMARTS) is 1. The highest BCUT2D eigenvalue weighted by Gasteiger charge is 2.54. The molecule has 1 aromatic heterocycles. The summed E-state index contributed by atoms with van der Waals surface area (Å²) in [7, 11) is 0. The molecule has 5 rings (SSSR count). The summed E-state index contributed by atoms with van der Waals surface area (Å²) >= 11 is 2.45. The van der Waals surface area contributed by atoms with Crippen LogP contribution in [-0.4, -0.2) is 102 Å². The summed E-state index contributed by atoms with van der Waals surface area (Å²) in [5, 5.41) is 25.8. The Bertz CT molecular complexity index is 1600. The number of aromatic nitrogens is 1. The molecule has 2 unspecified atom stereocenters. The normalized spacial score (nSPS) is 20.6. The number of β-lactam (4-membered cyclic amide) rings is 1. The van der Waals surface area contributed by atoms with Crippen LogP contribution < -0.4 is 10.6 Å². The molecule has 14 nitrogen and oxygen atoms in total. The average molecular weight is 653 g/mol. The van der Waals surface area contributed by atoms with Gasteiger partial charge in [-0.25, -0.2) is 9.59 Å². The van der Waals surface area contributed by atoms with Gasteiger partial charge < -0.3 is 25.7 Å². The summed E-state index contributed by atoms with van der Waals surface area (Å²) < 4.78 is 0. The van der Waals surface area contributed by atoms with Crippen molar-refractivity contribution in [3.8, 4) is 5.75 Å². The monoisotopic (exact) mass is 652 g/mol. The Morgan fingerprint density at radius 3 is 2.56 bits per heavy atom. The number of likely N-dealkylation sites (N-methyl/N-ethyl adjacent to an activating group) is 1. The molecule has 2 fully saturated rings. The maximum atomic E-state index is 13.6. The highest BCUT2D eigenvalue weighted by molar-refractivity contribution is 8.08. The first-order valence-corrected chi connectivity index (χ1v) is 15.7. The zero-order chi connectivity index (χ0) is 32.2. The van der Waals surface area contributed by atoms with Crippen LogP contribution in [0.5, 0.6) is 5.75 Å². The predicted octanol–water partition coefficient (Wildman–Crippen LogP) is 1.33. The van der Waals surface area contributed by atoms with Gasteiger partial charge in [-0.1, -0.05) is 30.0 Å². The van der Waals surface area contributed by atoms with Gasteiger partial charge in [0.25, 0.3) is 5.91 Å². The van der Waals surface area contributed by atoms with E-state index in [9.17, 15) is 39.0 Å². The number of aromatic hydroxyl groups is 1. The van der Waals surface area contributed by atoms with E-state index >= 15 is 0 Å². The second-order valence-corrected chi connectivity index (χ2v) is 12.1. The minimum Gasteiger partial charge on any atom is -0.508 e. The number of aliphatic carboxylic acids is 1. The van der Waals surface area contributed by atoms with Gasteiger partial charge in [0.2, 0.25) is 5.91 Å². The largest absolute Gasteiger partial charge is 0.508 e. The number of rotatable bonds is 9. The van der Waals surface area contributed by atoms with Crippen molar-refractivity contribution in [1.29, 1.82) is 0 Å². The van der Waals surface area contributed by atoms with E-state index in [2.05, 4.69) is 15.6 Å². The lowest BCUT2D eigenvalue weighted by atomic mass is 10.0. The third-order valence-electron chi connectivity index (χ3n) is 7.28. The van der Waals surface area contributed by atoms with Gasteiger partial charge in [0.05, 0.1) is 0 Å².